The Labute approximate surface area is 94.5 Å². The van der Waals surface area contributed by atoms with Crippen LogP contribution in [-0.2, 0) is 0 Å². The Bertz CT molecular complexity index is 408. The quantitative estimate of drug-likeness (QED) is 0.817. The van der Waals surface area contributed by atoms with Crippen LogP contribution in [0.4, 0.5) is 4.79 Å². The number of amides is 1. The van der Waals surface area contributed by atoms with Crippen molar-refractivity contribution in [2.24, 2.45) is 0 Å². The topological polar surface area (TPSA) is 49.3 Å². The molecule has 3 nitrogen and oxygen atoms in total. The van der Waals surface area contributed by atoms with Gasteiger partial charge in [-0.25, -0.2) is 4.79 Å². The minimum absolute atomic E-state index is 0.129. The molecule has 2 fully saturated rings. The molecule has 2 aliphatic rings. The zero-order valence-electron chi connectivity index (χ0n) is 9.02. The minimum Gasteiger partial charge on any atom is -0.465 e. The molecule has 0 saturated heterocycles. The maximum absolute atomic E-state index is 10.5. The van der Waals surface area contributed by atoms with Gasteiger partial charge in [0.25, 0.3) is 0 Å². The molecule has 0 heterocycles. The molecule has 1 aromatic rings. The SMILES string of the molecule is O=C(O)NC1CC1c1ccc(C2CC2)cc1. The fourth-order valence-electron chi connectivity index (χ4n) is 2.31. The van der Waals surface area contributed by atoms with E-state index in [-0.39, 0.29) is 6.04 Å². The molecule has 0 aliphatic heterocycles. The van der Waals surface area contributed by atoms with E-state index < -0.39 is 6.09 Å². The molecular weight excluding hydrogens is 202 g/mol. The lowest BCUT2D eigenvalue weighted by molar-refractivity contribution is 0.193. The molecule has 2 atom stereocenters. The first-order chi connectivity index (χ1) is 7.74. The molecule has 16 heavy (non-hydrogen) atoms. The fourth-order valence-corrected chi connectivity index (χ4v) is 2.31. The van der Waals surface area contributed by atoms with E-state index in [0.717, 1.165) is 12.3 Å². The van der Waals surface area contributed by atoms with Crippen LogP contribution in [0.2, 0.25) is 0 Å². The lowest BCUT2D eigenvalue weighted by Crippen LogP contribution is -2.24. The summed E-state index contributed by atoms with van der Waals surface area (Å²) in [5.74, 6) is 1.19. The molecule has 0 aromatic heterocycles. The second kappa shape index (κ2) is 3.51. The van der Waals surface area contributed by atoms with Crippen LogP contribution < -0.4 is 5.32 Å². The molecule has 3 rings (SSSR count). The summed E-state index contributed by atoms with van der Waals surface area (Å²) in [5.41, 5.74) is 2.70. The standard InChI is InChI=1S/C13H15NO2/c15-13(16)14-12-7-11(12)10-5-3-9(4-6-10)8-1-2-8/h3-6,8,11-12,14H,1-2,7H2,(H,15,16). The van der Waals surface area contributed by atoms with E-state index in [0.29, 0.717) is 5.92 Å². The monoisotopic (exact) mass is 217 g/mol. The van der Waals surface area contributed by atoms with E-state index in [4.69, 9.17) is 5.11 Å². The molecule has 0 spiro atoms. The Morgan fingerprint density at radius 2 is 1.81 bits per heavy atom. The molecule has 3 heteroatoms. The Balaban J connectivity index is 1.65. The van der Waals surface area contributed by atoms with Crippen LogP contribution in [0.15, 0.2) is 24.3 Å². The van der Waals surface area contributed by atoms with E-state index in [2.05, 4.69) is 29.6 Å². The van der Waals surface area contributed by atoms with Gasteiger partial charge >= 0.3 is 6.09 Å². The Morgan fingerprint density at radius 3 is 2.38 bits per heavy atom. The summed E-state index contributed by atoms with van der Waals surface area (Å²) < 4.78 is 0. The summed E-state index contributed by atoms with van der Waals surface area (Å²) in [6.07, 6.45) is 2.68. The average molecular weight is 217 g/mol. The summed E-state index contributed by atoms with van der Waals surface area (Å²) in [6.45, 7) is 0. The first-order valence-corrected chi connectivity index (χ1v) is 5.83. The lowest BCUT2D eigenvalue weighted by atomic mass is 10.1. The van der Waals surface area contributed by atoms with Gasteiger partial charge in [0, 0.05) is 12.0 Å². The molecule has 2 unspecified atom stereocenters. The van der Waals surface area contributed by atoms with Crippen molar-refractivity contribution in [3.05, 3.63) is 35.4 Å². The van der Waals surface area contributed by atoms with Gasteiger partial charge in [-0.15, -0.1) is 0 Å². The fraction of sp³-hybridized carbons (Fsp3) is 0.462. The normalized spacial score (nSPS) is 27.5. The van der Waals surface area contributed by atoms with E-state index in [1.54, 1.807) is 0 Å². The number of hydrogen-bond donors (Lipinski definition) is 2. The highest BCUT2D eigenvalue weighted by atomic mass is 16.4. The highest BCUT2D eigenvalue weighted by molar-refractivity contribution is 5.65. The molecule has 84 valence electrons. The van der Waals surface area contributed by atoms with Crippen LogP contribution >= 0.6 is 0 Å². The second-order valence-corrected chi connectivity index (χ2v) is 4.84. The van der Waals surface area contributed by atoms with Crippen LogP contribution in [0, 0.1) is 0 Å². The number of nitrogens with one attached hydrogen (secondary N) is 1. The maximum atomic E-state index is 10.5. The number of carboxylic acid groups (broad SMARTS) is 1. The van der Waals surface area contributed by atoms with Gasteiger partial charge in [0.2, 0.25) is 0 Å². The number of carbonyl (C=O) groups is 1. The predicted molar refractivity (Wildman–Crippen MR) is 60.7 cm³/mol. The van der Waals surface area contributed by atoms with Crippen LogP contribution in [0.3, 0.4) is 0 Å². The molecule has 0 radical (unpaired) electrons. The first kappa shape index (κ1) is 9.70. The van der Waals surface area contributed by atoms with Gasteiger partial charge in [-0.3, -0.25) is 0 Å². The smallest absolute Gasteiger partial charge is 0.404 e. The van der Waals surface area contributed by atoms with Gasteiger partial charge in [-0.05, 0) is 36.3 Å². The van der Waals surface area contributed by atoms with Crippen LogP contribution in [0.5, 0.6) is 0 Å². The molecule has 2 saturated carbocycles. The van der Waals surface area contributed by atoms with Crippen molar-refractivity contribution in [2.75, 3.05) is 0 Å². The molecule has 1 amide bonds. The third-order valence-electron chi connectivity index (χ3n) is 3.51. The van der Waals surface area contributed by atoms with Gasteiger partial charge in [-0.1, -0.05) is 24.3 Å². The third-order valence-corrected chi connectivity index (χ3v) is 3.51. The van der Waals surface area contributed by atoms with Crippen LogP contribution in [0.1, 0.15) is 42.2 Å². The molecular formula is C13H15NO2. The zero-order valence-corrected chi connectivity index (χ0v) is 9.02. The van der Waals surface area contributed by atoms with Crippen molar-refractivity contribution >= 4 is 6.09 Å². The highest BCUT2D eigenvalue weighted by Gasteiger charge is 2.39. The first-order valence-electron chi connectivity index (χ1n) is 5.83. The van der Waals surface area contributed by atoms with Gasteiger partial charge in [0.1, 0.15) is 0 Å². The van der Waals surface area contributed by atoms with Crippen molar-refractivity contribution in [3.63, 3.8) is 0 Å². The summed E-state index contributed by atoms with van der Waals surface area (Å²) in [4.78, 5) is 10.5. The number of hydrogen-bond acceptors (Lipinski definition) is 1. The second-order valence-electron chi connectivity index (χ2n) is 4.84. The van der Waals surface area contributed by atoms with E-state index in [1.165, 1.54) is 24.0 Å². The molecule has 1 aromatic carbocycles. The van der Waals surface area contributed by atoms with Gasteiger partial charge in [0.15, 0.2) is 0 Å². The van der Waals surface area contributed by atoms with Crippen molar-refractivity contribution < 1.29 is 9.90 Å². The van der Waals surface area contributed by atoms with Gasteiger partial charge < -0.3 is 10.4 Å². The summed E-state index contributed by atoms with van der Waals surface area (Å²) in [6, 6.07) is 8.83. The summed E-state index contributed by atoms with van der Waals surface area (Å²) >= 11 is 0. The Kier molecular flexibility index (Phi) is 2.13. The van der Waals surface area contributed by atoms with Crippen LogP contribution in [0.25, 0.3) is 0 Å². The summed E-state index contributed by atoms with van der Waals surface area (Å²) in [5, 5.41) is 11.1. The van der Waals surface area contributed by atoms with E-state index in [9.17, 15) is 4.79 Å². The zero-order chi connectivity index (χ0) is 11.1. The maximum Gasteiger partial charge on any atom is 0.404 e. The summed E-state index contributed by atoms with van der Waals surface area (Å²) in [7, 11) is 0. The average Bonchev–Trinajstić information content (AvgIpc) is 3.12. The largest absolute Gasteiger partial charge is 0.465 e. The molecule has 2 aliphatic carbocycles. The minimum atomic E-state index is -0.915. The van der Waals surface area contributed by atoms with E-state index in [1.807, 2.05) is 0 Å². The Morgan fingerprint density at radius 1 is 1.19 bits per heavy atom. The lowest BCUT2D eigenvalue weighted by Gasteiger charge is -2.03. The highest BCUT2D eigenvalue weighted by Crippen LogP contribution is 2.43. The Hall–Kier alpha value is -1.51. The van der Waals surface area contributed by atoms with Crippen molar-refractivity contribution in [2.45, 2.75) is 37.1 Å². The van der Waals surface area contributed by atoms with Crippen molar-refractivity contribution in [1.29, 1.82) is 0 Å². The molecule has 0 bridgehead atoms. The third kappa shape index (κ3) is 1.90. The number of rotatable bonds is 3. The van der Waals surface area contributed by atoms with Gasteiger partial charge in [0.05, 0.1) is 0 Å². The van der Waals surface area contributed by atoms with Crippen molar-refractivity contribution in [3.8, 4) is 0 Å². The van der Waals surface area contributed by atoms with E-state index >= 15 is 0 Å². The molecule has 2 N–H and O–H groups in total. The van der Waals surface area contributed by atoms with Crippen LogP contribution in [-0.4, -0.2) is 17.2 Å². The predicted octanol–water partition coefficient (Wildman–Crippen LogP) is 2.69. The van der Waals surface area contributed by atoms with Gasteiger partial charge in [-0.2, -0.15) is 0 Å². The number of benzene rings is 1. The van der Waals surface area contributed by atoms with Crippen molar-refractivity contribution in [1.82, 2.24) is 5.32 Å².